The third kappa shape index (κ3) is 2.97. The second-order valence-corrected chi connectivity index (χ2v) is 4.42. The van der Waals surface area contributed by atoms with Gasteiger partial charge >= 0.3 is 0 Å². The van der Waals surface area contributed by atoms with Crippen molar-refractivity contribution in [2.75, 3.05) is 19.7 Å². The Balaban J connectivity index is 1.70. The van der Waals surface area contributed by atoms with Crippen LogP contribution < -0.4 is 5.32 Å². The van der Waals surface area contributed by atoms with Crippen LogP contribution in [0, 0.1) is 5.82 Å². The molecule has 0 spiro atoms. The molecule has 3 rings (SSSR count). The maximum absolute atomic E-state index is 12.8. The van der Waals surface area contributed by atoms with E-state index < -0.39 is 0 Å². The van der Waals surface area contributed by atoms with Crippen LogP contribution >= 0.6 is 0 Å². The van der Waals surface area contributed by atoms with E-state index in [1.807, 2.05) is 0 Å². The molecule has 1 saturated heterocycles. The lowest BCUT2D eigenvalue weighted by Crippen LogP contribution is -2.39. The highest BCUT2D eigenvalue weighted by atomic mass is 19.1. The summed E-state index contributed by atoms with van der Waals surface area (Å²) in [6.07, 6.45) is 0.650. The summed E-state index contributed by atoms with van der Waals surface area (Å²) in [5.41, 5.74) is 0.735. The Hall–Kier alpha value is -1.79. The van der Waals surface area contributed by atoms with Gasteiger partial charge in [0.15, 0.2) is 0 Å². The van der Waals surface area contributed by atoms with Crippen molar-refractivity contribution >= 4 is 0 Å². The zero-order chi connectivity index (χ0) is 13.1. The highest BCUT2D eigenvalue weighted by Crippen LogP contribution is 2.17. The minimum Gasteiger partial charge on any atom is -0.375 e. The van der Waals surface area contributed by atoms with Gasteiger partial charge in [-0.25, -0.2) is 4.39 Å². The molecule has 1 aromatic carbocycles. The monoisotopic (exact) mass is 263 g/mol. The van der Waals surface area contributed by atoms with Crippen molar-refractivity contribution < 1.29 is 13.7 Å². The lowest BCUT2D eigenvalue weighted by molar-refractivity contribution is 0.0246. The molecule has 0 bridgehead atoms. The topological polar surface area (TPSA) is 60.2 Å². The number of rotatable bonds is 3. The van der Waals surface area contributed by atoms with Crippen LogP contribution in [0.25, 0.3) is 11.4 Å². The average molecular weight is 263 g/mol. The summed E-state index contributed by atoms with van der Waals surface area (Å²) in [5.74, 6) is 0.723. The van der Waals surface area contributed by atoms with E-state index in [0.29, 0.717) is 24.7 Å². The fraction of sp³-hybridized carbons (Fsp3) is 0.385. The van der Waals surface area contributed by atoms with Crippen LogP contribution in [0.15, 0.2) is 28.8 Å². The standard InChI is InChI=1S/C13H14FN3O2/c14-10-3-1-9(2-4-10)13-16-12(19-17-13)7-11-8-15-5-6-18-11/h1-4,11,15H,5-8H2. The fourth-order valence-electron chi connectivity index (χ4n) is 2.00. The number of halogens is 1. The van der Waals surface area contributed by atoms with Gasteiger partial charge in [-0.3, -0.25) is 0 Å². The molecule has 0 saturated carbocycles. The number of benzene rings is 1. The summed E-state index contributed by atoms with van der Waals surface area (Å²) < 4.78 is 23.6. The number of aromatic nitrogens is 2. The zero-order valence-electron chi connectivity index (χ0n) is 10.3. The van der Waals surface area contributed by atoms with E-state index in [-0.39, 0.29) is 11.9 Å². The SMILES string of the molecule is Fc1ccc(-c2noc(CC3CNCCO3)n2)cc1. The summed E-state index contributed by atoms with van der Waals surface area (Å²) in [6.45, 7) is 2.36. The van der Waals surface area contributed by atoms with Crippen LogP contribution in [0.3, 0.4) is 0 Å². The lowest BCUT2D eigenvalue weighted by Gasteiger charge is -2.21. The Morgan fingerprint density at radius 3 is 2.89 bits per heavy atom. The van der Waals surface area contributed by atoms with Crippen molar-refractivity contribution in [3.05, 3.63) is 36.0 Å². The Bertz CT molecular complexity index is 535. The molecule has 1 aliphatic heterocycles. The molecule has 1 unspecified atom stereocenters. The Morgan fingerprint density at radius 2 is 2.16 bits per heavy atom. The van der Waals surface area contributed by atoms with Gasteiger partial charge in [-0.15, -0.1) is 0 Å². The molecule has 0 radical (unpaired) electrons. The highest BCUT2D eigenvalue weighted by Gasteiger charge is 2.18. The summed E-state index contributed by atoms with van der Waals surface area (Å²) >= 11 is 0. The molecule has 1 N–H and O–H groups in total. The van der Waals surface area contributed by atoms with Gasteiger partial charge in [0.05, 0.1) is 19.1 Å². The quantitative estimate of drug-likeness (QED) is 0.907. The van der Waals surface area contributed by atoms with E-state index in [0.717, 1.165) is 18.7 Å². The van der Waals surface area contributed by atoms with E-state index in [1.165, 1.54) is 12.1 Å². The van der Waals surface area contributed by atoms with Gasteiger partial charge < -0.3 is 14.6 Å². The minimum absolute atomic E-state index is 0.0651. The summed E-state index contributed by atoms with van der Waals surface area (Å²) in [4.78, 5) is 4.30. The average Bonchev–Trinajstić information content (AvgIpc) is 2.89. The molecule has 100 valence electrons. The molecule has 0 amide bonds. The van der Waals surface area contributed by atoms with Crippen molar-refractivity contribution in [2.45, 2.75) is 12.5 Å². The second-order valence-electron chi connectivity index (χ2n) is 4.42. The largest absolute Gasteiger partial charge is 0.375 e. The van der Waals surface area contributed by atoms with Gasteiger partial charge in [-0.2, -0.15) is 4.98 Å². The first kappa shape index (κ1) is 12.3. The molecule has 1 aromatic heterocycles. The smallest absolute Gasteiger partial charge is 0.229 e. The van der Waals surface area contributed by atoms with Crippen molar-refractivity contribution in [1.29, 1.82) is 0 Å². The fourth-order valence-corrected chi connectivity index (χ4v) is 2.00. The number of hydrogen-bond acceptors (Lipinski definition) is 5. The molecule has 1 aliphatic rings. The van der Waals surface area contributed by atoms with E-state index in [2.05, 4.69) is 15.5 Å². The summed E-state index contributed by atoms with van der Waals surface area (Å²) in [7, 11) is 0. The van der Waals surface area contributed by atoms with Crippen LogP contribution in [0.4, 0.5) is 4.39 Å². The molecule has 1 fully saturated rings. The second kappa shape index (κ2) is 5.46. The van der Waals surface area contributed by atoms with Crippen molar-refractivity contribution in [3.63, 3.8) is 0 Å². The first-order chi connectivity index (χ1) is 9.31. The van der Waals surface area contributed by atoms with Gasteiger partial charge in [0.1, 0.15) is 5.82 Å². The summed E-state index contributed by atoms with van der Waals surface area (Å²) in [5, 5.41) is 7.14. The number of nitrogens with zero attached hydrogens (tertiary/aromatic N) is 2. The molecule has 2 heterocycles. The van der Waals surface area contributed by atoms with E-state index in [9.17, 15) is 4.39 Å². The van der Waals surface area contributed by atoms with E-state index in [1.54, 1.807) is 12.1 Å². The predicted molar refractivity (Wildman–Crippen MR) is 66.0 cm³/mol. The minimum atomic E-state index is -0.283. The molecule has 2 aromatic rings. The van der Waals surface area contributed by atoms with Crippen LogP contribution in [0.1, 0.15) is 5.89 Å². The van der Waals surface area contributed by atoms with Crippen LogP contribution in [-0.4, -0.2) is 35.9 Å². The maximum atomic E-state index is 12.8. The van der Waals surface area contributed by atoms with E-state index in [4.69, 9.17) is 9.26 Å². The molecule has 0 aliphatic carbocycles. The van der Waals surface area contributed by atoms with Crippen molar-refractivity contribution in [3.8, 4) is 11.4 Å². The van der Waals surface area contributed by atoms with Gasteiger partial charge in [-0.1, -0.05) is 5.16 Å². The van der Waals surface area contributed by atoms with Crippen LogP contribution in [-0.2, 0) is 11.2 Å². The molecule has 5 nitrogen and oxygen atoms in total. The Morgan fingerprint density at radius 1 is 1.32 bits per heavy atom. The third-order valence-electron chi connectivity index (χ3n) is 2.98. The van der Waals surface area contributed by atoms with E-state index >= 15 is 0 Å². The Labute approximate surface area is 109 Å². The van der Waals surface area contributed by atoms with Crippen molar-refractivity contribution in [2.24, 2.45) is 0 Å². The molecule has 6 heteroatoms. The lowest BCUT2D eigenvalue weighted by atomic mass is 10.2. The van der Waals surface area contributed by atoms with Crippen LogP contribution in [0.2, 0.25) is 0 Å². The third-order valence-corrected chi connectivity index (χ3v) is 2.98. The van der Waals surface area contributed by atoms with Gasteiger partial charge in [0.2, 0.25) is 11.7 Å². The number of morpholine rings is 1. The molecule has 1 atom stereocenters. The van der Waals surface area contributed by atoms with Crippen molar-refractivity contribution in [1.82, 2.24) is 15.5 Å². The molecular formula is C13H14FN3O2. The predicted octanol–water partition coefficient (Wildman–Crippen LogP) is 1.41. The number of hydrogen-bond donors (Lipinski definition) is 1. The zero-order valence-corrected chi connectivity index (χ0v) is 10.3. The van der Waals surface area contributed by atoms with Gasteiger partial charge in [0, 0.05) is 18.7 Å². The van der Waals surface area contributed by atoms with Gasteiger partial charge in [0.25, 0.3) is 0 Å². The number of ether oxygens (including phenoxy) is 1. The van der Waals surface area contributed by atoms with Gasteiger partial charge in [-0.05, 0) is 24.3 Å². The van der Waals surface area contributed by atoms with Crippen LogP contribution in [0.5, 0.6) is 0 Å². The molecular weight excluding hydrogens is 249 g/mol. The summed E-state index contributed by atoms with van der Waals surface area (Å²) in [6, 6.07) is 6.00. The highest BCUT2D eigenvalue weighted by molar-refractivity contribution is 5.53. The maximum Gasteiger partial charge on any atom is 0.229 e. The number of nitrogens with one attached hydrogen (secondary N) is 1. The molecule has 19 heavy (non-hydrogen) atoms. The normalized spacial score (nSPS) is 19.5. The first-order valence-corrected chi connectivity index (χ1v) is 6.22. The first-order valence-electron chi connectivity index (χ1n) is 6.22. The Kier molecular flexibility index (Phi) is 3.52.